The van der Waals surface area contributed by atoms with Crippen LogP contribution in [-0.4, -0.2) is 106 Å². The first-order valence-electron chi connectivity index (χ1n) is 9.50. The summed E-state index contributed by atoms with van der Waals surface area (Å²) in [6, 6.07) is 0. The summed E-state index contributed by atoms with van der Waals surface area (Å²) < 4.78 is 37.7. The topological polar surface area (TPSA) is 76.6 Å². The molecule has 0 aromatic carbocycles. The molecule has 0 fully saturated rings. The standard InChI is InChI=1S/C18H39NO7/c1-18(2)26-17-16-25-15-14-24-13-12-23-11-10-22-9-8-21-7-6-20-5-4-19-3/h18-19H,4-17H2,1-3H3. The van der Waals surface area contributed by atoms with Crippen LogP contribution >= 0.6 is 0 Å². The van der Waals surface area contributed by atoms with Crippen LogP contribution in [0.15, 0.2) is 0 Å². The van der Waals surface area contributed by atoms with Gasteiger partial charge in [-0.25, -0.2) is 0 Å². The van der Waals surface area contributed by atoms with Crippen molar-refractivity contribution in [2.45, 2.75) is 20.0 Å². The van der Waals surface area contributed by atoms with Gasteiger partial charge in [0.25, 0.3) is 0 Å². The summed E-state index contributed by atoms with van der Waals surface area (Å²) in [6.45, 7) is 12.5. The molecule has 8 nitrogen and oxygen atoms in total. The van der Waals surface area contributed by atoms with Crippen molar-refractivity contribution in [3.05, 3.63) is 0 Å². The lowest BCUT2D eigenvalue weighted by Crippen LogP contribution is -2.17. The van der Waals surface area contributed by atoms with Crippen LogP contribution in [0.4, 0.5) is 0 Å². The van der Waals surface area contributed by atoms with E-state index in [0.29, 0.717) is 85.9 Å². The van der Waals surface area contributed by atoms with Crippen molar-refractivity contribution in [3.8, 4) is 0 Å². The smallest absolute Gasteiger partial charge is 0.0703 e. The number of hydrogen-bond donors (Lipinski definition) is 1. The molecule has 0 amide bonds. The molecule has 0 saturated heterocycles. The molecule has 0 aliphatic rings. The van der Waals surface area contributed by atoms with E-state index in [0.717, 1.165) is 6.54 Å². The van der Waals surface area contributed by atoms with Crippen molar-refractivity contribution in [1.82, 2.24) is 5.32 Å². The lowest BCUT2D eigenvalue weighted by Gasteiger charge is -2.09. The van der Waals surface area contributed by atoms with Gasteiger partial charge in [0.1, 0.15) is 0 Å². The highest BCUT2D eigenvalue weighted by molar-refractivity contribution is 4.39. The average Bonchev–Trinajstić information content (AvgIpc) is 2.62. The van der Waals surface area contributed by atoms with E-state index in [-0.39, 0.29) is 6.10 Å². The van der Waals surface area contributed by atoms with Crippen LogP contribution in [0, 0.1) is 0 Å². The number of ether oxygens (including phenoxy) is 7. The molecule has 0 spiro atoms. The molecule has 0 radical (unpaired) electrons. The summed E-state index contributed by atoms with van der Waals surface area (Å²) in [6.07, 6.45) is 0.247. The van der Waals surface area contributed by atoms with Gasteiger partial charge < -0.3 is 38.5 Å². The molecule has 0 aromatic rings. The molecule has 0 atom stereocenters. The Kier molecular flexibility index (Phi) is 22.4. The van der Waals surface area contributed by atoms with Gasteiger partial charge in [-0.2, -0.15) is 0 Å². The minimum absolute atomic E-state index is 0.247. The molecule has 0 unspecified atom stereocenters. The Morgan fingerprint density at radius 1 is 0.500 bits per heavy atom. The van der Waals surface area contributed by atoms with Gasteiger partial charge in [-0.1, -0.05) is 0 Å². The Morgan fingerprint density at radius 2 is 0.808 bits per heavy atom. The van der Waals surface area contributed by atoms with E-state index in [4.69, 9.17) is 33.2 Å². The molecule has 26 heavy (non-hydrogen) atoms. The minimum atomic E-state index is 0.247. The first-order valence-corrected chi connectivity index (χ1v) is 9.50. The highest BCUT2D eigenvalue weighted by Gasteiger charge is 1.95. The lowest BCUT2D eigenvalue weighted by molar-refractivity contribution is -0.0236. The summed E-state index contributed by atoms with van der Waals surface area (Å²) in [7, 11) is 1.90. The zero-order valence-electron chi connectivity index (χ0n) is 16.8. The normalized spacial score (nSPS) is 11.5. The highest BCUT2D eigenvalue weighted by Crippen LogP contribution is 1.88. The molecule has 0 saturated carbocycles. The fraction of sp³-hybridized carbons (Fsp3) is 1.00. The number of rotatable bonds is 22. The molecule has 1 N–H and O–H groups in total. The van der Waals surface area contributed by atoms with E-state index < -0.39 is 0 Å². The molecular weight excluding hydrogens is 342 g/mol. The molecule has 0 aliphatic heterocycles. The van der Waals surface area contributed by atoms with Gasteiger partial charge in [0.2, 0.25) is 0 Å². The second-order valence-corrected chi connectivity index (χ2v) is 5.70. The molecule has 8 heteroatoms. The number of hydrogen-bond acceptors (Lipinski definition) is 8. The van der Waals surface area contributed by atoms with Crippen LogP contribution in [0.1, 0.15) is 13.8 Å². The first-order chi connectivity index (χ1) is 12.8. The van der Waals surface area contributed by atoms with Crippen LogP contribution in [0.3, 0.4) is 0 Å². The third-order valence-electron chi connectivity index (χ3n) is 3.04. The third kappa shape index (κ3) is 23.7. The Balaban J connectivity index is 2.97. The van der Waals surface area contributed by atoms with Crippen molar-refractivity contribution in [2.75, 3.05) is 99.5 Å². The van der Waals surface area contributed by atoms with E-state index in [1.54, 1.807) is 0 Å². The zero-order chi connectivity index (χ0) is 19.1. The van der Waals surface area contributed by atoms with Crippen LogP contribution < -0.4 is 5.32 Å². The maximum absolute atomic E-state index is 5.41. The number of nitrogens with one attached hydrogen (secondary N) is 1. The maximum Gasteiger partial charge on any atom is 0.0703 e. The monoisotopic (exact) mass is 381 g/mol. The van der Waals surface area contributed by atoms with Gasteiger partial charge in [-0.05, 0) is 20.9 Å². The highest BCUT2D eigenvalue weighted by atomic mass is 16.6. The lowest BCUT2D eigenvalue weighted by atomic mass is 10.5. The third-order valence-corrected chi connectivity index (χ3v) is 3.04. The summed E-state index contributed by atoms with van der Waals surface area (Å²) in [5, 5.41) is 3.01. The first kappa shape index (κ1) is 25.7. The molecule has 0 aromatic heterocycles. The number of likely N-dealkylation sites (N-methyl/N-ethyl adjacent to an activating group) is 1. The summed E-state index contributed by atoms with van der Waals surface area (Å²) in [5.41, 5.74) is 0. The van der Waals surface area contributed by atoms with Gasteiger partial charge >= 0.3 is 0 Å². The van der Waals surface area contributed by atoms with Crippen LogP contribution in [-0.2, 0) is 33.2 Å². The predicted molar refractivity (Wildman–Crippen MR) is 99.9 cm³/mol. The van der Waals surface area contributed by atoms with E-state index in [1.807, 2.05) is 20.9 Å². The SMILES string of the molecule is CNCCOCCOCCOCCOCCOCCOCCOC(C)C. The van der Waals surface area contributed by atoms with Gasteiger partial charge in [-0.3, -0.25) is 0 Å². The van der Waals surface area contributed by atoms with Crippen molar-refractivity contribution in [1.29, 1.82) is 0 Å². The van der Waals surface area contributed by atoms with Crippen molar-refractivity contribution < 1.29 is 33.2 Å². The van der Waals surface area contributed by atoms with Gasteiger partial charge in [-0.15, -0.1) is 0 Å². The summed E-state index contributed by atoms with van der Waals surface area (Å²) >= 11 is 0. The predicted octanol–water partition coefficient (Wildman–Crippen LogP) is 0.730. The molecule has 0 bridgehead atoms. The Hall–Kier alpha value is -0.320. The maximum atomic E-state index is 5.41. The Bertz CT molecular complexity index is 258. The summed E-state index contributed by atoms with van der Waals surface area (Å²) in [4.78, 5) is 0. The Morgan fingerprint density at radius 3 is 1.12 bits per heavy atom. The fourth-order valence-electron chi connectivity index (χ4n) is 1.72. The van der Waals surface area contributed by atoms with Gasteiger partial charge in [0.15, 0.2) is 0 Å². The van der Waals surface area contributed by atoms with E-state index in [9.17, 15) is 0 Å². The minimum Gasteiger partial charge on any atom is -0.378 e. The summed E-state index contributed by atoms with van der Waals surface area (Å²) in [5.74, 6) is 0. The molecule has 0 aliphatic carbocycles. The van der Waals surface area contributed by atoms with Crippen LogP contribution in [0.25, 0.3) is 0 Å². The van der Waals surface area contributed by atoms with E-state index in [2.05, 4.69) is 5.32 Å². The van der Waals surface area contributed by atoms with Crippen molar-refractivity contribution >= 4 is 0 Å². The van der Waals surface area contributed by atoms with Gasteiger partial charge in [0, 0.05) is 6.54 Å². The molecule has 0 rings (SSSR count). The second kappa shape index (κ2) is 22.7. The quantitative estimate of drug-likeness (QED) is 0.275. The molecule has 158 valence electrons. The van der Waals surface area contributed by atoms with Crippen LogP contribution in [0.5, 0.6) is 0 Å². The average molecular weight is 382 g/mol. The molecular formula is C18H39NO7. The Labute approximate surface area is 158 Å². The van der Waals surface area contributed by atoms with E-state index >= 15 is 0 Å². The van der Waals surface area contributed by atoms with Crippen molar-refractivity contribution in [3.63, 3.8) is 0 Å². The largest absolute Gasteiger partial charge is 0.378 e. The second-order valence-electron chi connectivity index (χ2n) is 5.70. The fourth-order valence-corrected chi connectivity index (χ4v) is 1.72. The van der Waals surface area contributed by atoms with Crippen LogP contribution in [0.2, 0.25) is 0 Å². The zero-order valence-corrected chi connectivity index (χ0v) is 16.8. The van der Waals surface area contributed by atoms with Gasteiger partial charge in [0.05, 0.1) is 92.0 Å². The van der Waals surface area contributed by atoms with Crippen molar-refractivity contribution in [2.24, 2.45) is 0 Å². The van der Waals surface area contributed by atoms with E-state index in [1.165, 1.54) is 0 Å². The molecule has 0 heterocycles.